The van der Waals surface area contributed by atoms with Gasteiger partial charge in [-0.15, -0.1) is 0 Å². The van der Waals surface area contributed by atoms with Gasteiger partial charge >= 0.3 is 0 Å². The topological polar surface area (TPSA) is 81.9 Å². The summed E-state index contributed by atoms with van der Waals surface area (Å²) in [5.41, 5.74) is 3.53. The first kappa shape index (κ1) is 21.3. The van der Waals surface area contributed by atoms with E-state index in [2.05, 4.69) is 27.3 Å². The van der Waals surface area contributed by atoms with E-state index in [1.165, 1.54) is 0 Å². The van der Waals surface area contributed by atoms with Crippen LogP contribution in [0.2, 0.25) is 5.02 Å². The SMILES string of the molecule is CCCc1nn(C)c2c(NCc3ccc(OC)c(Cl)c3)nc(CCC(=O)Cl)nc12. The lowest BCUT2D eigenvalue weighted by molar-refractivity contribution is -0.111. The summed E-state index contributed by atoms with van der Waals surface area (Å²) in [7, 11) is 3.46. The smallest absolute Gasteiger partial charge is 0.222 e. The number of aromatic nitrogens is 4. The average Bonchev–Trinajstić information content (AvgIpc) is 3.00. The van der Waals surface area contributed by atoms with Crippen molar-refractivity contribution in [2.45, 2.75) is 39.2 Å². The molecule has 0 radical (unpaired) electrons. The molecule has 1 aromatic carbocycles. The summed E-state index contributed by atoms with van der Waals surface area (Å²) in [6.45, 7) is 2.61. The minimum Gasteiger partial charge on any atom is -0.495 e. The van der Waals surface area contributed by atoms with Crippen LogP contribution in [0.4, 0.5) is 5.82 Å². The molecule has 0 unspecified atom stereocenters. The van der Waals surface area contributed by atoms with Gasteiger partial charge < -0.3 is 10.1 Å². The molecule has 1 N–H and O–H groups in total. The summed E-state index contributed by atoms with van der Waals surface area (Å²) in [4.78, 5) is 20.5. The molecule has 3 rings (SSSR count). The van der Waals surface area contributed by atoms with Crippen LogP contribution in [0.15, 0.2) is 18.2 Å². The molecular weight excluding hydrogens is 413 g/mol. The minimum atomic E-state index is -0.406. The number of hydrogen-bond donors (Lipinski definition) is 1. The van der Waals surface area contributed by atoms with Gasteiger partial charge in [0.05, 0.1) is 17.8 Å². The Kier molecular flexibility index (Phi) is 6.92. The number of carbonyl (C=O) groups excluding carboxylic acids is 1. The fourth-order valence-electron chi connectivity index (χ4n) is 3.14. The van der Waals surface area contributed by atoms with E-state index >= 15 is 0 Å². The molecule has 0 aliphatic carbocycles. The lowest BCUT2D eigenvalue weighted by atomic mass is 10.2. The fraction of sp³-hybridized carbons (Fsp3) is 0.400. The molecule has 2 aromatic heterocycles. The third kappa shape index (κ3) is 4.97. The Bertz CT molecular complexity index is 1040. The van der Waals surface area contributed by atoms with E-state index in [0.717, 1.165) is 35.1 Å². The van der Waals surface area contributed by atoms with Crippen LogP contribution in [0.3, 0.4) is 0 Å². The molecule has 7 nitrogen and oxygen atoms in total. The van der Waals surface area contributed by atoms with Gasteiger partial charge in [0, 0.05) is 26.4 Å². The molecule has 0 saturated heterocycles. The molecule has 0 bridgehead atoms. The molecule has 3 aromatic rings. The highest BCUT2D eigenvalue weighted by atomic mass is 35.5. The van der Waals surface area contributed by atoms with Crippen molar-refractivity contribution in [1.29, 1.82) is 0 Å². The van der Waals surface area contributed by atoms with Gasteiger partial charge in [-0.25, -0.2) is 9.97 Å². The van der Waals surface area contributed by atoms with Crippen LogP contribution in [-0.4, -0.2) is 32.1 Å². The molecule has 0 aliphatic heterocycles. The number of nitrogens with one attached hydrogen (secondary N) is 1. The zero-order valence-corrected chi connectivity index (χ0v) is 18.1. The van der Waals surface area contributed by atoms with Gasteiger partial charge in [0.1, 0.15) is 22.6 Å². The summed E-state index contributed by atoms with van der Waals surface area (Å²) in [5, 5.41) is 8.12. The van der Waals surface area contributed by atoms with E-state index in [1.807, 2.05) is 25.2 Å². The van der Waals surface area contributed by atoms with Crippen LogP contribution in [0, 0.1) is 0 Å². The Morgan fingerprint density at radius 1 is 1.28 bits per heavy atom. The maximum absolute atomic E-state index is 11.2. The van der Waals surface area contributed by atoms with Crippen LogP contribution >= 0.6 is 23.2 Å². The van der Waals surface area contributed by atoms with Gasteiger partial charge in [0.15, 0.2) is 5.82 Å². The monoisotopic (exact) mass is 435 g/mol. The highest BCUT2D eigenvalue weighted by Gasteiger charge is 2.17. The fourth-order valence-corrected chi connectivity index (χ4v) is 3.52. The molecule has 29 heavy (non-hydrogen) atoms. The van der Waals surface area contributed by atoms with Crippen molar-refractivity contribution in [2.24, 2.45) is 7.05 Å². The number of aryl methyl sites for hydroxylation is 3. The molecule has 2 heterocycles. The van der Waals surface area contributed by atoms with Crippen LogP contribution in [-0.2, 0) is 31.2 Å². The van der Waals surface area contributed by atoms with Gasteiger partial charge in [-0.1, -0.05) is 31.0 Å². The van der Waals surface area contributed by atoms with E-state index in [4.69, 9.17) is 27.9 Å². The molecule has 0 saturated carbocycles. The van der Waals surface area contributed by atoms with Gasteiger partial charge in [-0.3, -0.25) is 9.48 Å². The number of benzene rings is 1. The zero-order valence-electron chi connectivity index (χ0n) is 16.6. The molecule has 154 valence electrons. The van der Waals surface area contributed by atoms with E-state index < -0.39 is 5.24 Å². The largest absolute Gasteiger partial charge is 0.495 e. The van der Waals surface area contributed by atoms with Crippen LogP contribution in [0.5, 0.6) is 5.75 Å². The summed E-state index contributed by atoms with van der Waals surface area (Å²) < 4.78 is 6.99. The number of rotatable bonds is 9. The average molecular weight is 436 g/mol. The maximum Gasteiger partial charge on any atom is 0.222 e. The van der Waals surface area contributed by atoms with Crippen molar-refractivity contribution in [2.75, 3.05) is 12.4 Å². The van der Waals surface area contributed by atoms with Crippen molar-refractivity contribution in [3.63, 3.8) is 0 Å². The second-order valence-electron chi connectivity index (χ2n) is 6.68. The first-order valence-electron chi connectivity index (χ1n) is 9.40. The lowest BCUT2D eigenvalue weighted by Crippen LogP contribution is -2.08. The highest BCUT2D eigenvalue weighted by Crippen LogP contribution is 2.27. The van der Waals surface area contributed by atoms with Crippen LogP contribution in [0.25, 0.3) is 11.0 Å². The van der Waals surface area contributed by atoms with Gasteiger partial charge in [0.25, 0.3) is 0 Å². The van der Waals surface area contributed by atoms with Crippen molar-refractivity contribution in [1.82, 2.24) is 19.7 Å². The van der Waals surface area contributed by atoms with E-state index in [9.17, 15) is 4.79 Å². The molecule has 0 spiro atoms. The Labute approximate surface area is 179 Å². The maximum atomic E-state index is 11.2. The Morgan fingerprint density at radius 2 is 2.07 bits per heavy atom. The van der Waals surface area contributed by atoms with E-state index in [1.54, 1.807) is 11.8 Å². The zero-order chi connectivity index (χ0) is 21.0. The van der Waals surface area contributed by atoms with Crippen LogP contribution < -0.4 is 10.1 Å². The molecule has 0 fully saturated rings. The predicted molar refractivity (Wildman–Crippen MR) is 115 cm³/mol. The Hall–Kier alpha value is -2.38. The van der Waals surface area contributed by atoms with Gasteiger partial charge in [-0.05, 0) is 35.7 Å². The predicted octanol–water partition coefficient (Wildman–Crippen LogP) is 4.29. The van der Waals surface area contributed by atoms with Crippen molar-refractivity contribution < 1.29 is 9.53 Å². The molecule has 9 heteroatoms. The van der Waals surface area contributed by atoms with Crippen LogP contribution in [0.1, 0.15) is 36.8 Å². The highest BCUT2D eigenvalue weighted by molar-refractivity contribution is 6.63. The normalized spacial score (nSPS) is 11.1. The number of halogens is 2. The second-order valence-corrected chi connectivity index (χ2v) is 7.51. The summed E-state index contributed by atoms with van der Waals surface area (Å²) in [6, 6.07) is 5.62. The number of methoxy groups -OCH3 is 1. The minimum absolute atomic E-state index is 0.184. The van der Waals surface area contributed by atoms with Gasteiger partial charge in [0.2, 0.25) is 5.24 Å². The van der Waals surface area contributed by atoms with Crippen molar-refractivity contribution in [3.05, 3.63) is 40.3 Å². The molecule has 0 atom stereocenters. The van der Waals surface area contributed by atoms with E-state index in [-0.39, 0.29) is 6.42 Å². The summed E-state index contributed by atoms with van der Waals surface area (Å²) in [6.07, 6.45) is 2.33. The van der Waals surface area contributed by atoms with Gasteiger partial charge in [-0.2, -0.15) is 5.10 Å². The first-order valence-corrected chi connectivity index (χ1v) is 10.2. The third-order valence-corrected chi connectivity index (χ3v) is 4.99. The summed E-state index contributed by atoms with van der Waals surface area (Å²) >= 11 is 11.7. The quantitative estimate of drug-likeness (QED) is 0.504. The number of fused-ring (bicyclic) bond motifs is 1. The standard InChI is InChI=1S/C20H23Cl2N5O2/c1-4-5-14-18-19(27(2)26-14)20(25-17(24-18)9-8-16(22)28)23-11-12-6-7-15(29-3)13(21)10-12/h6-7,10H,4-5,8-9,11H2,1-3H3,(H,23,24,25). The Balaban J connectivity index is 1.95. The Morgan fingerprint density at radius 3 is 2.72 bits per heavy atom. The first-order chi connectivity index (χ1) is 13.9. The number of ether oxygens (including phenoxy) is 1. The summed E-state index contributed by atoms with van der Waals surface area (Å²) in [5.74, 6) is 1.85. The second kappa shape index (κ2) is 9.41. The third-order valence-electron chi connectivity index (χ3n) is 4.51. The number of hydrogen-bond acceptors (Lipinski definition) is 6. The van der Waals surface area contributed by atoms with E-state index in [0.29, 0.717) is 35.4 Å². The lowest BCUT2D eigenvalue weighted by Gasteiger charge is -2.11. The molecular formula is C20H23Cl2N5O2. The number of anilines is 1. The number of carbonyl (C=O) groups is 1. The van der Waals surface area contributed by atoms with Crippen molar-refractivity contribution >= 4 is 45.3 Å². The molecule has 0 amide bonds. The molecule has 0 aliphatic rings. The van der Waals surface area contributed by atoms with Crippen molar-refractivity contribution in [3.8, 4) is 5.75 Å². The number of nitrogens with zero attached hydrogens (tertiary/aromatic N) is 4.